The minimum atomic E-state index is -0.221. The molecule has 0 aliphatic carbocycles. The predicted molar refractivity (Wildman–Crippen MR) is 97.5 cm³/mol. The molecule has 0 saturated carbocycles. The van der Waals surface area contributed by atoms with Crippen molar-refractivity contribution in [1.29, 1.82) is 0 Å². The number of likely N-dealkylation sites (tertiary alicyclic amines) is 1. The van der Waals surface area contributed by atoms with Crippen LogP contribution in [-0.4, -0.2) is 55.5 Å². The van der Waals surface area contributed by atoms with Crippen LogP contribution < -0.4 is 16.4 Å². The fraction of sp³-hybridized carbons (Fsp3) is 0.889. The molecule has 1 fully saturated rings. The maximum Gasteiger partial charge on any atom is 0.234 e. The Kier molecular flexibility index (Phi) is 7.67. The molecule has 0 aromatic rings. The van der Waals surface area contributed by atoms with Gasteiger partial charge in [0, 0.05) is 19.6 Å². The van der Waals surface area contributed by atoms with Gasteiger partial charge in [-0.25, -0.2) is 0 Å². The molecule has 2 amide bonds. The third-order valence-electron chi connectivity index (χ3n) is 4.39. The lowest BCUT2D eigenvalue weighted by Gasteiger charge is -2.32. The summed E-state index contributed by atoms with van der Waals surface area (Å²) in [5, 5.41) is 6.15. The number of primary amides is 1. The van der Waals surface area contributed by atoms with Gasteiger partial charge in [0.1, 0.15) is 0 Å². The number of carbonyl (C=O) groups is 2. The van der Waals surface area contributed by atoms with Crippen LogP contribution in [0.3, 0.4) is 0 Å². The third kappa shape index (κ3) is 8.11. The first-order valence-electron chi connectivity index (χ1n) is 9.01. The summed E-state index contributed by atoms with van der Waals surface area (Å²) in [7, 11) is 0. The van der Waals surface area contributed by atoms with E-state index in [0.29, 0.717) is 13.1 Å². The highest BCUT2D eigenvalue weighted by Crippen LogP contribution is 2.26. The van der Waals surface area contributed by atoms with E-state index in [1.54, 1.807) is 0 Å². The standard InChI is InChI=1S/C18H36N4O2/c1-17(2,3)12-20-11-15(23)21-9-8-18(4,5)13-22-10-6-7-14(22)16(19)24/h14,20H,6-13H2,1-5H3,(H2,19,24)(H,21,23). The quantitative estimate of drug-likeness (QED) is 0.587. The van der Waals surface area contributed by atoms with Crippen LogP contribution in [0, 0.1) is 10.8 Å². The summed E-state index contributed by atoms with van der Waals surface area (Å²) in [6, 6.07) is -0.125. The van der Waals surface area contributed by atoms with Gasteiger partial charge in [-0.2, -0.15) is 0 Å². The Morgan fingerprint density at radius 1 is 1.21 bits per heavy atom. The number of hydrogen-bond donors (Lipinski definition) is 3. The molecule has 6 nitrogen and oxygen atoms in total. The van der Waals surface area contributed by atoms with Crippen molar-refractivity contribution in [2.24, 2.45) is 16.6 Å². The van der Waals surface area contributed by atoms with E-state index in [4.69, 9.17) is 5.73 Å². The van der Waals surface area contributed by atoms with Crippen molar-refractivity contribution in [1.82, 2.24) is 15.5 Å². The van der Waals surface area contributed by atoms with Crippen LogP contribution in [0.15, 0.2) is 0 Å². The molecule has 1 saturated heterocycles. The minimum absolute atomic E-state index is 0.0319. The first-order valence-corrected chi connectivity index (χ1v) is 9.01. The normalized spacial score (nSPS) is 19.5. The molecule has 0 spiro atoms. The van der Waals surface area contributed by atoms with Gasteiger partial charge in [-0.15, -0.1) is 0 Å². The SMILES string of the molecule is CC(C)(C)CNCC(=O)NCCC(C)(C)CN1CCCC1C(N)=O. The van der Waals surface area contributed by atoms with Crippen molar-refractivity contribution < 1.29 is 9.59 Å². The molecule has 1 atom stereocenters. The van der Waals surface area contributed by atoms with Gasteiger partial charge in [0.15, 0.2) is 0 Å². The van der Waals surface area contributed by atoms with Crippen LogP contribution in [0.1, 0.15) is 53.9 Å². The summed E-state index contributed by atoms with van der Waals surface area (Å²) < 4.78 is 0. The van der Waals surface area contributed by atoms with Gasteiger partial charge in [0.2, 0.25) is 11.8 Å². The molecule has 24 heavy (non-hydrogen) atoms. The van der Waals surface area contributed by atoms with Crippen LogP contribution in [0.25, 0.3) is 0 Å². The van der Waals surface area contributed by atoms with Gasteiger partial charge in [-0.05, 0) is 36.6 Å². The van der Waals surface area contributed by atoms with E-state index in [0.717, 1.165) is 38.9 Å². The van der Waals surface area contributed by atoms with E-state index in [2.05, 4.69) is 50.2 Å². The Morgan fingerprint density at radius 3 is 2.46 bits per heavy atom. The first-order chi connectivity index (χ1) is 11.0. The van der Waals surface area contributed by atoms with Crippen molar-refractivity contribution in [3.63, 3.8) is 0 Å². The van der Waals surface area contributed by atoms with Crippen LogP contribution in [-0.2, 0) is 9.59 Å². The van der Waals surface area contributed by atoms with E-state index >= 15 is 0 Å². The summed E-state index contributed by atoms with van der Waals surface area (Å²) in [4.78, 5) is 25.5. The largest absolute Gasteiger partial charge is 0.368 e. The Bertz CT molecular complexity index is 429. The number of amides is 2. The Morgan fingerprint density at radius 2 is 1.88 bits per heavy atom. The van der Waals surface area contributed by atoms with Crippen molar-refractivity contribution in [3.05, 3.63) is 0 Å². The van der Waals surface area contributed by atoms with Gasteiger partial charge in [-0.3, -0.25) is 14.5 Å². The van der Waals surface area contributed by atoms with Crippen molar-refractivity contribution in [3.8, 4) is 0 Å². The molecule has 0 bridgehead atoms. The number of nitrogens with one attached hydrogen (secondary N) is 2. The molecule has 1 heterocycles. The van der Waals surface area contributed by atoms with Gasteiger partial charge in [0.05, 0.1) is 12.6 Å². The zero-order chi connectivity index (χ0) is 18.4. The molecule has 0 radical (unpaired) electrons. The molecule has 0 aromatic heterocycles. The first kappa shape index (κ1) is 20.9. The Labute approximate surface area is 146 Å². The smallest absolute Gasteiger partial charge is 0.234 e. The van der Waals surface area contributed by atoms with Gasteiger partial charge >= 0.3 is 0 Å². The molecule has 140 valence electrons. The van der Waals surface area contributed by atoms with Crippen molar-refractivity contribution in [2.75, 3.05) is 32.7 Å². The zero-order valence-corrected chi connectivity index (χ0v) is 16.1. The van der Waals surface area contributed by atoms with E-state index < -0.39 is 0 Å². The van der Waals surface area contributed by atoms with E-state index in [1.807, 2.05) is 0 Å². The second-order valence-corrected chi connectivity index (χ2v) is 8.96. The molecule has 4 N–H and O–H groups in total. The summed E-state index contributed by atoms with van der Waals surface area (Å²) in [6.45, 7) is 14.3. The fourth-order valence-electron chi connectivity index (χ4n) is 3.12. The lowest BCUT2D eigenvalue weighted by molar-refractivity contribution is -0.122. The maximum absolute atomic E-state index is 11.9. The van der Waals surface area contributed by atoms with Crippen LogP contribution in [0.4, 0.5) is 0 Å². The Hall–Kier alpha value is -1.14. The molecule has 0 aromatic carbocycles. The molecule has 1 aliphatic rings. The van der Waals surface area contributed by atoms with Gasteiger partial charge in [-0.1, -0.05) is 34.6 Å². The number of rotatable bonds is 9. The van der Waals surface area contributed by atoms with E-state index in [-0.39, 0.29) is 28.7 Å². The van der Waals surface area contributed by atoms with E-state index in [9.17, 15) is 9.59 Å². The predicted octanol–water partition coefficient (Wildman–Crippen LogP) is 1.10. The summed E-state index contributed by atoms with van der Waals surface area (Å²) in [5.41, 5.74) is 5.69. The molecule has 1 aliphatic heterocycles. The van der Waals surface area contributed by atoms with Crippen LogP contribution >= 0.6 is 0 Å². The summed E-state index contributed by atoms with van der Waals surface area (Å²) in [6.07, 6.45) is 2.77. The second kappa shape index (κ2) is 8.81. The van der Waals surface area contributed by atoms with Gasteiger partial charge in [0.25, 0.3) is 0 Å². The fourth-order valence-corrected chi connectivity index (χ4v) is 3.12. The lowest BCUT2D eigenvalue weighted by Crippen LogP contribution is -2.45. The Balaban J connectivity index is 2.27. The highest BCUT2D eigenvalue weighted by Gasteiger charge is 2.32. The molecule has 6 heteroatoms. The van der Waals surface area contributed by atoms with Gasteiger partial charge < -0.3 is 16.4 Å². The molecular weight excluding hydrogens is 304 g/mol. The highest BCUT2D eigenvalue weighted by molar-refractivity contribution is 5.80. The molecular formula is C18H36N4O2. The number of nitrogens with two attached hydrogens (primary N) is 1. The number of carbonyl (C=O) groups excluding carboxylic acids is 2. The zero-order valence-electron chi connectivity index (χ0n) is 16.1. The van der Waals surface area contributed by atoms with Crippen molar-refractivity contribution >= 4 is 11.8 Å². The summed E-state index contributed by atoms with van der Waals surface area (Å²) >= 11 is 0. The number of nitrogens with zero attached hydrogens (tertiary/aromatic N) is 1. The highest BCUT2D eigenvalue weighted by atomic mass is 16.2. The third-order valence-corrected chi connectivity index (χ3v) is 4.39. The second-order valence-electron chi connectivity index (χ2n) is 8.96. The minimum Gasteiger partial charge on any atom is -0.368 e. The monoisotopic (exact) mass is 340 g/mol. The summed E-state index contributed by atoms with van der Waals surface area (Å²) in [5.74, 6) is -0.187. The lowest BCUT2D eigenvalue weighted by atomic mass is 9.88. The molecule has 1 unspecified atom stereocenters. The van der Waals surface area contributed by atoms with E-state index in [1.165, 1.54) is 0 Å². The maximum atomic E-state index is 11.9. The molecule has 1 rings (SSSR count). The van der Waals surface area contributed by atoms with Crippen LogP contribution in [0.5, 0.6) is 0 Å². The van der Waals surface area contributed by atoms with Crippen LogP contribution in [0.2, 0.25) is 0 Å². The van der Waals surface area contributed by atoms with Crippen molar-refractivity contribution in [2.45, 2.75) is 59.9 Å². The topological polar surface area (TPSA) is 87.5 Å². The average molecular weight is 341 g/mol. The average Bonchev–Trinajstić information content (AvgIpc) is 2.84. The number of hydrogen-bond acceptors (Lipinski definition) is 4.